The second-order valence-electron chi connectivity index (χ2n) is 23.2. The van der Waals surface area contributed by atoms with Gasteiger partial charge in [0.2, 0.25) is 5.91 Å². The number of rotatable bonds is 48. The van der Waals surface area contributed by atoms with Crippen molar-refractivity contribution >= 4 is 5.91 Å². The number of unbranched alkanes of at least 4 members (excludes halogenated alkanes) is 24. The Morgan fingerprint density at radius 3 is 1.30 bits per heavy atom. The number of allylic oxidation sites excluding steroid dienone is 8. The smallest absolute Gasteiger partial charge is 0.220 e. The molecule has 0 spiro atoms. The molecule has 1 amide bonds. The van der Waals surface area contributed by atoms with Crippen LogP contribution in [0.4, 0.5) is 0 Å². The molecule has 3 aliphatic rings. The van der Waals surface area contributed by atoms with E-state index >= 15 is 0 Å². The maximum atomic E-state index is 13.3. The topological polar surface area (TPSA) is 307 Å². The second kappa shape index (κ2) is 46.8. The molecule has 0 aromatic carbocycles. The fourth-order valence-electron chi connectivity index (χ4n) is 10.9. The normalized spacial score (nSPS) is 29.7. The standard InChI is InChI=1S/C64H115NO18/c1-3-5-7-9-11-13-14-15-16-17-18-19-20-21-22-23-24-25-26-27-28-29-30-31-32-34-36-38-40-42-52(70)65-47(48(69)41-39-37-35-33-12-10-8-6-4-2)46-78-62-58(76)55(73)60(50(44-67)80-62)83-64-59(77)56(74)61(51(45-68)81-64)82-63-57(75)54(72)53(71)49(43-66)79-63/h5,7,11,13,15-16,18-19,47-51,53-64,66-69,71-77H,3-4,6,8-10,12,14,17,20-46H2,1-2H3,(H,65,70)/b7-5-,13-11-,16-15-,19-18-. The van der Waals surface area contributed by atoms with Crippen molar-refractivity contribution in [1.82, 2.24) is 5.32 Å². The Morgan fingerprint density at radius 2 is 0.831 bits per heavy atom. The van der Waals surface area contributed by atoms with Crippen molar-refractivity contribution in [2.75, 3.05) is 26.4 Å². The summed E-state index contributed by atoms with van der Waals surface area (Å²) < 4.78 is 34.3. The lowest BCUT2D eigenvalue weighted by atomic mass is 9.96. The number of ether oxygens (including phenoxy) is 6. The summed E-state index contributed by atoms with van der Waals surface area (Å²) in [5.41, 5.74) is 0. The van der Waals surface area contributed by atoms with E-state index in [0.29, 0.717) is 12.8 Å². The first-order valence-corrected chi connectivity index (χ1v) is 32.4. The molecule has 0 saturated carbocycles. The Bertz CT molecular complexity index is 1700. The molecule has 3 rings (SSSR count). The number of hydrogen-bond donors (Lipinski definition) is 12. The van der Waals surface area contributed by atoms with E-state index in [2.05, 4.69) is 67.8 Å². The summed E-state index contributed by atoms with van der Waals surface area (Å²) in [7, 11) is 0. The van der Waals surface area contributed by atoms with Crippen molar-refractivity contribution in [3.8, 4) is 0 Å². The molecule has 0 aromatic heterocycles. The quantitative estimate of drug-likeness (QED) is 0.0215. The monoisotopic (exact) mass is 1190 g/mol. The molecule has 19 heteroatoms. The molecular weight excluding hydrogens is 1070 g/mol. The number of carbonyl (C=O) groups is 1. The van der Waals surface area contributed by atoms with Crippen LogP contribution in [0, 0.1) is 0 Å². The number of nitrogens with one attached hydrogen (secondary N) is 1. The number of carbonyl (C=O) groups excluding carboxylic acids is 1. The van der Waals surface area contributed by atoms with Gasteiger partial charge in [0.05, 0.1) is 38.6 Å². The average Bonchev–Trinajstić information content (AvgIpc) is 3.25. The minimum Gasteiger partial charge on any atom is -0.394 e. The highest BCUT2D eigenvalue weighted by Gasteiger charge is 2.53. The fourth-order valence-corrected chi connectivity index (χ4v) is 10.9. The molecule has 0 radical (unpaired) electrons. The molecule has 484 valence electrons. The number of hydrogen-bond acceptors (Lipinski definition) is 18. The first-order chi connectivity index (χ1) is 40.3. The van der Waals surface area contributed by atoms with Crippen molar-refractivity contribution in [3.63, 3.8) is 0 Å². The van der Waals surface area contributed by atoms with Gasteiger partial charge in [-0.15, -0.1) is 0 Å². The van der Waals surface area contributed by atoms with E-state index in [1.165, 1.54) is 116 Å². The third-order valence-electron chi connectivity index (χ3n) is 16.2. The Balaban J connectivity index is 1.36. The summed E-state index contributed by atoms with van der Waals surface area (Å²) in [4.78, 5) is 13.3. The van der Waals surface area contributed by atoms with Gasteiger partial charge in [0.1, 0.15) is 73.2 Å². The minimum absolute atomic E-state index is 0.246. The van der Waals surface area contributed by atoms with Crippen LogP contribution in [0.3, 0.4) is 0 Å². The van der Waals surface area contributed by atoms with Crippen molar-refractivity contribution in [2.24, 2.45) is 0 Å². The molecule has 3 saturated heterocycles. The predicted molar refractivity (Wildman–Crippen MR) is 319 cm³/mol. The molecule has 19 nitrogen and oxygen atoms in total. The van der Waals surface area contributed by atoms with Crippen LogP contribution < -0.4 is 5.32 Å². The van der Waals surface area contributed by atoms with Gasteiger partial charge in [0, 0.05) is 6.42 Å². The summed E-state index contributed by atoms with van der Waals surface area (Å²) in [6.07, 6.45) is 26.6. The van der Waals surface area contributed by atoms with Gasteiger partial charge in [-0.25, -0.2) is 0 Å². The van der Waals surface area contributed by atoms with Crippen LogP contribution in [0.5, 0.6) is 0 Å². The zero-order chi connectivity index (χ0) is 60.5. The van der Waals surface area contributed by atoms with Gasteiger partial charge >= 0.3 is 0 Å². The molecule has 3 aliphatic heterocycles. The highest BCUT2D eigenvalue weighted by Crippen LogP contribution is 2.33. The van der Waals surface area contributed by atoms with E-state index < -0.39 is 124 Å². The van der Waals surface area contributed by atoms with Crippen LogP contribution in [0.2, 0.25) is 0 Å². The van der Waals surface area contributed by atoms with Gasteiger partial charge in [-0.05, 0) is 51.4 Å². The van der Waals surface area contributed by atoms with E-state index in [0.717, 1.165) is 70.6 Å². The molecule has 0 aromatic rings. The van der Waals surface area contributed by atoms with Gasteiger partial charge in [-0.1, -0.05) is 210 Å². The van der Waals surface area contributed by atoms with Gasteiger partial charge in [0.15, 0.2) is 18.9 Å². The van der Waals surface area contributed by atoms with Crippen molar-refractivity contribution in [1.29, 1.82) is 0 Å². The molecule has 12 N–H and O–H groups in total. The third-order valence-corrected chi connectivity index (χ3v) is 16.2. The number of aliphatic hydroxyl groups excluding tert-OH is 11. The summed E-state index contributed by atoms with van der Waals surface area (Å²) >= 11 is 0. The summed E-state index contributed by atoms with van der Waals surface area (Å²) in [6, 6.07) is -0.885. The van der Waals surface area contributed by atoms with E-state index in [-0.39, 0.29) is 18.9 Å². The first kappa shape index (κ1) is 75.0. The fraction of sp³-hybridized carbons (Fsp3) is 0.859. The van der Waals surface area contributed by atoms with Crippen LogP contribution in [0.15, 0.2) is 48.6 Å². The highest BCUT2D eigenvalue weighted by atomic mass is 16.8. The van der Waals surface area contributed by atoms with E-state index in [1.807, 2.05) is 0 Å². The summed E-state index contributed by atoms with van der Waals surface area (Å²) in [5.74, 6) is -0.246. The summed E-state index contributed by atoms with van der Waals surface area (Å²) in [6.45, 7) is 1.64. The van der Waals surface area contributed by atoms with Crippen molar-refractivity contribution in [2.45, 2.75) is 324 Å². The lowest BCUT2D eigenvalue weighted by Gasteiger charge is -2.48. The van der Waals surface area contributed by atoms with E-state index in [9.17, 15) is 61.0 Å². The largest absolute Gasteiger partial charge is 0.394 e. The number of aliphatic hydroxyl groups is 11. The second-order valence-corrected chi connectivity index (χ2v) is 23.2. The maximum absolute atomic E-state index is 13.3. The molecule has 17 unspecified atom stereocenters. The average molecular weight is 1190 g/mol. The van der Waals surface area contributed by atoms with Crippen LogP contribution >= 0.6 is 0 Å². The molecule has 0 bridgehead atoms. The summed E-state index contributed by atoms with van der Waals surface area (Å²) in [5, 5.41) is 120. The van der Waals surface area contributed by atoms with Gasteiger partial charge in [-0.3, -0.25) is 4.79 Å². The Morgan fingerprint density at radius 1 is 0.446 bits per heavy atom. The zero-order valence-corrected chi connectivity index (χ0v) is 50.7. The lowest BCUT2D eigenvalue weighted by molar-refractivity contribution is -0.379. The highest BCUT2D eigenvalue weighted by molar-refractivity contribution is 5.76. The lowest BCUT2D eigenvalue weighted by Crippen LogP contribution is -2.66. The Kier molecular flexibility index (Phi) is 42.3. The first-order valence-electron chi connectivity index (χ1n) is 32.4. The van der Waals surface area contributed by atoms with Gasteiger partial charge < -0.3 is 89.9 Å². The minimum atomic E-state index is -1.97. The zero-order valence-electron chi connectivity index (χ0n) is 50.7. The van der Waals surface area contributed by atoms with Gasteiger partial charge in [0.25, 0.3) is 0 Å². The van der Waals surface area contributed by atoms with Crippen molar-refractivity contribution in [3.05, 3.63) is 48.6 Å². The van der Waals surface area contributed by atoms with Crippen LogP contribution in [0.1, 0.15) is 219 Å². The number of amides is 1. The van der Waals surface area contributed by atoms with E-state index in [4.69, 9.17) is 28.4 Å². The molecule has 0 aliphatic carbocycles. The van der Waals surface area contributed by atoms with Crippen molar-refractivity contribution < 1.29 is 89.4 Å². The third kappa shape index (κ3) is 30.0. The van der Waals surface area contributed by atoms with Crippen LogP contribution in [-0.2, 0) is 33.2 Å². The molecule has 83 heavy (non-hydrogen) atoms. The Hall–Kier alpha value is -2.25. The van der Waals surface area contributed by atoms with Crippen LogP contribution in [0.25, 0.3) is 0 Å². The Labute approximate surface area is 497 Å². The van der Waals surface area contributed by atoms with Crippen LogP contribution in [-0.4, -0.2) is 193 Å². The van der Waals surface area contributed by atoms with Gasteiger partial charge in [-0.2, -0.15) is 0 Å². The molecule has 17 atom stereocenters. The SMILES string of the molecule is CC/C=C\C/C=C\C/C=C\C/C=C\CCCCCCCCCCCCCCCCCCC(=O)NC(COC1OC(CO)C(OC2OC(CO)C(OC3OC(CO)C(O)C(O)C3O)C(O)C2O)C(O)C1O)C(O)CCCCCCCCCCC. The molecule has 3 heterocycles. The molecule has 3 fully saturated rings. The maximum Gasteiger partial charge on any atom is 0.220 e. The predicted octanol–water partition coefficient (Wildman–Crippen LogP) is 7.04. The van der Waals surface area contributed by atoms with E-state index in [1.54, 1.807) is 0 Å². The molecular formula is C64H115NO18.